The second-order valence-corrected chi connectivity index (χ2v) is 5.61. The molecule has 1 saturated carbocycles. The Morgan fingerprint density at radius 3 is 2.85 bits per heavy atom. The number of nitrogens with one attached hydrogen (secondary N) is 1. The van der Waals surface area contributed by atoms with Gasteiger partial charge in [-0.05, 0) is 25.0 Å². The van der Waals surface area contributed by atoms with E-state index in [1.54, 1.807) is 0 Å². The lowest BCUT2D eigenvalue weighted by Gasteiger charge is -2.22. The summed E-state index contributed by atoms with van der Waals surface area (Å²) in [5, 5.41) is 3.30. The first-order valence-electron chi connectivity index (χ1n) is 7.35. The van der Waals surface area contributed by atoms with Crippen LogP contribution in [0.4, 0.5) is 5.82 Å². The van der Waals surface area contributed by atoms with Crippen molar-refractivity contribution >= 4 is 11.5 Å². The highest BCUT2D eigenvalue weighted by atomic mass is 15.1. The van der Waals surface area contributed by atoms with Crippen LogP contribution in [-0.2, 0) is 7.05 Å². The molecule has 2 heterocycles. The van der Waals surface area contributed by atoms with Crippen molar-refractivity contribution in [3.05, 3.63) is 43.1 Å². The molecule has 0 aromatic carbocycles. The minimum absolute atomic E-state index is 0.620. The molecule has 1 aliphatic carbocycles. The number of anilines is 1. The zero-order chi connectivity index (χ0) is 13.9. The third kappa shape index (κ3) is 2.64. The summed E-state index contributed by atoms with van der Waals surface area (Å²) in [7, 11) is 2.02. The van der Waals surface area contributed by atoms with Gasteiger partial charge in [0.2, 0.25) is 0 Å². The van der Waals surface area contributed by atoms with E-state index in [1.165, 1.54) is 32.1 Å². The first-order valence-corrected chi connectivity index (χ1v) is 7.35. The number of aromatic nitrogens is 3. The van der Waals surface area contributed by atoms with E-state index in [0.29, 0.717) is 6.04 Å². The van der Waals surface area contributed by atoms with Gasteiger partial charge in [-0.1, -0.05) is 25.8 Å². The second kappa shape index (κ2) is 5.57. The van der Waals surface area contributed by atoms with Crippen LogP contribution in [0.15, 0.2) is 37.4 Å². The molecular weight excluding hydrogens is 248 g/mol. The van der Waals surface area contributed by atoms with Gasteiger partial charge in [0.25, 0.3) is 0 Å². The Labute approximate surface area is 120 Å². The van der Waals surface area contributed by atoms with E-state index in [9.17, 15) is 0 Å². The fourth-order valence-corrected chi connectivity index (χ4v) is 2.97. The van der Waals surface area contributed by atoms with E-state index in [4.69, 9.17) is 0 Å². The normalized spacial score (nSPS) is 16.2. The van der Waals surface area contributed by atoms with Crippen molar-refractivity contribution in [1.29, 1.82) is 0 Å². The highest BCUT2D eigenvalue weighted by Gasteiger charge is 2.15. The summed E-state index contributed by atoms with van der Waals surface area (Å²) in [5.74, 6) is 0.877. The molecule has 2 aromatic rings. The van der Waals surface area contributed by atoms with Crippen LogP contribution in [0.25, 0.3) is 5.70 Å². The Morgan fingerprint density at radius 1 is 1.35 bits per heavy atom. The Balaban J connectivity index is 1.68. The van der Waals surface area contributed by atoms with Crippen LogP contribution in [0.5, 0.6) is 0 Å². The topological polar surface area (TPSA) is 34.8 Å². The minimum atomic E-state index is 0.620. The maximum absolute atomic E-state index is 4.45. The number of imidazole rings is 1. The summed E-state index contributed by atoms with van der Waals surface area (Å²) in [5.41, 5.74) is 1.96. The summed E-state index contributed by atoms with van der Waals surface area (Å²) in [6.45, 7) is 4.09. The fourth-order valence-electron chi connectivity index (χ4n) is 2.97. The highest BCUT2D eigenvalue weighted by Crippen LogP contribution is 2.28. The standard InChI is InChI=1S/C16H22N4/c1-13(15-9-6-10-19(15)2)18-16-11-20(12-17-16)14-7-4-3-5-8-14/h6,9-12,14,18H,1,3-5,7-8H2,2H3. The summed E-state index contributed by atoms with van der Waals surface area (Å²) >= 11 is 0. The third-order valence-corrected chi connectivity index (χ3v) is 4.13. The summed E-state index contributed by atoms with van der Waals surface area (Å²) in [6, 6.07) is 4.69. The van der Waals surface area contributed by atoms with Gasteiger partial charge in [0, 0.05) is 25.5 Å². The van der Waals surface area contributed by atoms with Crippen molar-refractivity contribution in [2.24, 2.45) is 7.05 Å². The molecule has 2 aromatic heterocycles. The van der Waals surface area contributed by atoms with E-state index in [1.807, 2.05) is 36.3 Å². The maximum atomic E-state index is 4.45. The van der Waals surface area contributed by atoms with Crippen LogP contribution in [-0.4, -0.2) is 14.1 Å². The number of nitrogens with zero attached hydrogens (tertiary/aromatic N) is 3. The van der Waals surface area contributed by atoms with Crippen LogP contribution < -0.4 is 5.32 Å². The molecule has 0 spiro atoms. The van der Waals surface area contributed by atoms with Crippen LogP contribution in [0.1, 0.15) is 43.8 Å². The maximum Gasteiger partial charge on any atom is 0.148 e. The summed E-state index contributed by atoms with van der Waals surface area (Å²) in [4.78, 5) is 4.45. The highest BCUT2D eigenvalue weighted by molar-refractivity contribution is 5.71. The molecule has 0 unspecified atom stereocenters. The van der Waals surface area contributed by atoms with Gasteiger partial charge < -0.3 is 14.5 Å². The van der Waals surface area contributed by atoms with E-state index >= 15 is 0 Å². The number of rotatable bonds is 4. The number of aryl methyl sites for hydroxylation is 1. The first kappa shape index (κ1) is 13.0. The molecule has 0 bridgehead atoms. The Bertz CT molecular complexity index is 587. The zero-order valence-electron chi connectivity index (χ0n) is 12.0. The molecule has 3 rings (SSSR count). The molecule has 1 aliphatic rings. The van der Waals surface area contributed by atoms with Gasteiger partial charge in [-0.15, -0.1) is 0 Å². The average molecular weight is 270 g/mol. The summed E-state index contributed by atoms with van der Waals surface area (Å²) < 4.78 is 4.30. The molecule has 4 nitrogen and oxygen atoms in total. The van der Waals surface area contributed by atoms with E-state index in [2.05, 4.69) is 27.6 Å². The predicted octanol–water partition coefficient (Wildman–Crippen LogP) is 3.81. The monoisotopic (exact) mass is 270 g/mol. The van der Waals surface area contributed by atoms with Crippen molar-refractivity contribution < 1.29 is 0 Å². The van der Waals surface area contributed by atoms with Gasteiger partial charge in [0.1, 0.15) is 5.82 Å². The Hall–Kier alpha value is -1.97. The molecule has 1 fully saturated rings. The zero-order valence-corrected chi connectivity index (χ0v) is 12.0. The van der Waals surface area contributed by atoms with Crippen LogP contribution >= 0.6 is 0 Å². The molecule has 106 valence electrons. The quantitative estimate of drug-likeness (QED) is 0.916. The van der Waals surface area contributed by atoms with Gasteiger partial charge in [-0.25, -0.2) is 4.98 Å². The number of hydrogen-bond acceptors (Lipinski definition) is 2. The van der Waals surface area contributed by atoms with Gasteiger partial charge >= 0.3 is 0 Å². The van der Waals surface area contributed by atoms with Crippen molar-refractivity contribution in [3.63, 3.8) is 0 Å². The lowest BCUT2D eigenvalue weighted by Crippen LogP contribution is -2.10. The van der Waals surface area contributed by atoms with Crippen LogP contribution in [0.2, 0.25) is 0 Å². The second-order valence-electron chi connectivity index (χ2n) is 5.61. The lowest BCUT2D eigenvalue weighted by molar-refractivity contribution is 0.353. The van der Waals surface area contributed by atoms with Crippen LogP contribution in [0.3, 0.4) is 0 Å². The predicted molar refractivity (Wildman–Crippen MR) is 82.4 cm³/mol. The molecule has 0 atom stereocenters. The molecule has 20 heavy (non-hydrogen) atoms. The molecule has 0 aliphatic heterocycles. The van der Waals surface area contributed by atoms with Crippen molar-refractivity contribution in [1.82, 2.24) is 14.1 Å². The fraction of sp³-hybridized carbons (Fsp3) is 0.438. The Kier molecular flexibility index (Phi) is 3.63. The Morgan fingerprint density at radius 2 is 2.15 bits per heavy atom. The van der Waals surface area contributed by atoms with Crippen molar-refractivity contribution in [2.75, 3.05) is 5.32 Å². The van der Waals surface area contributed by atoms with E-state index < -0.39 is 0 Å². The molecule has 0 amide bonds. The SMILES string of the molecule is C=C(Nc1cn(C2CCCCC2)cn1)c1cccn1C. The van der Waals surface area contributed by atoms with Gasteiger partial charge in [-0.3, -0.25) is 0 Å². The average Bonchev–Trinajstić information content (AvgIpc) is 3.09. The number of hydrogen-bond donors (Lipinski definition) is 1. The third-order valence-electron chi connectivity index (χ3n) is 4.13. The lowest BCUT2D eigenvalue weighted by atomic mass is 9.95. The van der Waals surface area contributed by atoms with Gasteiger partial charge in [0.05, 0.1) is 17.7 Å². The first-order chi connectivity index (χ1) is 9.74. The largest absolute Gasteiger partial charge is 0.349 e. The molecule has 0 radical (unpaired) electrons. The van der Waals surface area contributed by atoms with Gasteiger partial charge in [0.15, 0.2) is 0 Å². The molecule has 0 saturated heterocycles. The summed E-state index contributed by atoms with van der Waals surface area (Å²) in [6.07, 6.45) is 12.6. The molecular formula is C16H22N4. The van der Waals surface area contributed by atoms with E-state index in [0.717, 1.165) is 17.2 Å². The molecule has 4 heteroatoms. The van der Waals surface area contributed by atoms with Crippen molar-refractivity contribution in [3.8, 4) is 0 Å². The molecule has 1 N–H and O–H groups in total. The smallest absolute Gasteiger partial charge is 0.148 e. The van der Waals surface area contributed by atoms with E-state index in [-0.39, 0.29) is 0 Å². The minimum Gasteiger partial charge on any atom is -0.349 e. The van der Waals surface area contributed by atoms with Crippen LogP contribution in [0, 0.1) is 0 Å². The van der Waals surface area contributed by atoms with Gasteiger partial charge in [-0.2, -0.15) is 0 Å². The van der Waals surface area contributed by atoms with Crippen molar-refractivity contribution in [2.45, 2.75) is 38.1 Å².